The van der Waals surface area contributed by atoms with Crippen LogP contribution in [-0.2, 0) is 31.3 Å². The number of aliphatic hydroxyl groups excluding tert-OH is 1. The molecule has 0 aliphatic carbocycles. The van der Waals surface area contributed by atoms with Crippen LogP contribution in [0.1, 0.15) is 74.6 Å². The lowest BCUT2D eigenvalue weighted by Crippen LogP contribution is -2.44. The van der Waals surface area contributed by atoms with E-state index in [0.717, 1.165) is 18.4 Å². The topological polar surface area (TPSA) is 138 Å². The van der Waals surface area contributed by atoms with E-state index >= 15 is 0 Å². The van der Waals surface area contributed by atoms with E-state index in [1.165, 1.54) is 7.11 Å². The predicted molar refractivity (Wildman–Crippen MR) is 173 cm³/mol. The summed E-state index contributed by atoms with van der Waals surface area (Å²) in [6, 6.07) is 15.1. The summed E-state index contributed by atoms with van der Waals surface area (Å²) < 4.78 is 6.46. The van der Waals surface area contributed by atoms with Gasteiger partial charge in [-0.1, -0.05) is 54.6 Å². The highest BCUT2D eigenvalue weighted by Crippen LogP contribution is 2.47. The lowest BCUT2D eigenvalue weighted by Gasteiger charge is -2.30. The molecule has 1 unspecified atom stereocenters. The summed E-state index contributed by atoms with van der Waals surface area (Å²) in [6.07, 6.45) is 9.79. The Labute approximate surface area is 269 Å². The van der Waals surface area contributed by atoms with E-state index in [1.54, 1.807) is 20.5 Å². The molecule has 46 heavy (non-hydrogen) atoms. The van der Waals surface area contributed by atoms with Crippen LogP contribution >= 0.6 is 0 Å². The van der Waals surface area contributed by atoms with Crippen molar-refractivity contribution in [2.24, 2.45) is 5.92 Å². The van der Waals surface area contributed by atoms with Gasteiger partial charge in [-0.2, -0.15) is 0 Å². The van der Waals surface area contributed by atoms with Gasteiger partial charge in [-0.15, -0.1) is 5.10 Å². The first kappa shape index (κ1) is 33.0. The van der Waals surface area contributed by atoms with Gasteiger partial charge in [0, 0.05) is 55.8 Å². The zero-order valence-corrected chi connectivity index (χ0v) is 26.5. The van der Waals surface area contributed by atoms with E-state index in [1.807, 2.05) is 67.7 Å². The summed E-state index contributed by atoms with van der Waals surface area (Å²) in [5, 5.41) is 30.6. The number of hydrogen-bond acceptors (Lipinski definition) is 8. The molecule has 1 aromatic heterocycles. The summed E-state index contributed by atoms with van der Waals surface area (Å²) in [6.45, 7) is 3.21. The summed E-state index contributed by atoms with van der Waals surface area (Å²) in [5.74, 6) is -1.52. The van der Waals surface area contributed by atoms with Gasteiger partial charge in [-0.25, -0.2) is 0 Å². The number of aryl methyl sites for hydroxylation is 1. The lowest BCUT2D eigenvalue weighted by atomic mass is 9.82. The molecule has 1 fully saturated rings. The van der Waals surface area contributed by atoms with Gasteiger partial charge in [0.15, 0.2) is 5.60 Å². The maximum Gasteiger partial charge on any atom is 0.305 e. The first-order chi connectivity index (χ1) is 22.3. The van der Waals surface area contributed by atoms with Crippen LogP contribution in [0.5, 0.6) is 0 Å². The summed E-state index contributed by atoms with van der Waals surface area (Å²) in [4.78, 5) is 41.6. The van der Waals surface area contributed by atoms with Crippen molar-refractivity contribution in [1.82, 2.24) is 15.0 Å². The van der Waals surface area contributed by atoms with Crippen molar-refractivity contribution in [1.29, 1.82) is 0 Å². The number of benzene rings is 2. The third-order valence-electron chi connectivity index (χ3n) is 9.03. The van der Waals surface area contributed by atoms with Crippen LogP contribution in [0.3, 0.4) is 0 Å². The summed E-state index contributed by atoms with van der Waals surface area (Å²) in [5.41, 5.74) is 1.60. The highest BCUT2D eigenvalue weighted by molar-refractivity contribution is 6.08. The van der Waals surface area contributed by atoms with Crippen molar-refractivity contribution in [3.8, 4) is 0 Å². The molecule has 2 aliphatic heterocycles. The molecule has 5 rings (SSSR count). The number of rotatable bonds is 14. The number of allylic oxidation sites excluding steroid dienone is 1. The molecule has 0 radical (unpaired) electrons. The van der Waals surface area contributed by atoms with E-state index in [0.29, 0.717) is 67.9 Å². The van der Waals surface area contributed by atoms with E-state index in [4.69, 9.17) is 4.74 Å². The van der Waals surface area contributed by atoms with Crippen LogP contribution in [0.2, 0.25) is 0 Å². The van der Waals surface area contributed by atoms with Crippen LogP contribution < -0.4 is 9.80 Å². The Kier molecular flexibility index (Phi) is 10.6. The number of fused-ring (bicyclic) bond motifs is 1. The zero-order valence-electron chi connectivity index (χ0n) is 26.5. The normalized spacial score (nSPS) is 19.5. The van der Waals surface area contributed by atoms with Gasteiger partial charge in [-0.3, -0.25) is 19.1 Å². The number of aliphatic hydroxyl groups is 2. The van der Waals surface area contributed by atoms with Crippen molar-refractivity contribution in [2.45, 2.75) is 69.9 Å². The molecule has 244 valence electrons. The first-order valence-corrected chi connectivity index (χ1v) is 16.1. The standard InChI is InChI=1S/C35H43N5O6/c1-25(12-6-9-19-38-23-30(36-37-38)28(24-41)26-13-4-3-5-14-26)35(45)29-22-27(39-20-10-7-15-32(39)42)17-18-31(29)40(34(35)44)21-11-8-16-33(43)46-2/h3-6,12-14,17-18,22-23,25,28,41,45H,7-11,15-16,19-21,24H2,1-2H3/b12-6+/t25-,28?,35+/m1/s1. The van der Waals surface area contributed by atoms with Gasteiger partial charge in [0.1, 0.15) is 0 Å². The molecule has 2 amide bonds. The fourth-order valence-corrected chi connectivity index (χ4v) is 6.33. The quantitative estimate of drug-likeness (QED) is 0.155. The molecule has 3 heterocycles. The molecular weight excluding hydrogens is 586 g/mol. The number of amides is 2. The maximum atomic E-state index is 14.0. The average Bonchev–Trinajstić information content (AvgIpc) is 3.62. The highest BCUT2D eigenvalue weighted by atomic mass is 16.5. The summed E-state index contributed by atoms with van der Waals surface area (Å²) in [7, 11) is 1.35. The molecule has 3 aromatic rings. The van der Waals surface area contributed by atoms with Gasteiger partial charge in [0.05, 0.1) is 31.0 Å². The maximum absolute atomic E-state index is 14.0. The smallest absolute Gasteiger partial charge is 0.305 e. The minimum Gasteiger partial charge on any atom is -0.469 e. The molecule has 1 saturated heterocycles. The van der Waals surface area contributed by atoms with Gasteiger partial charge >= 0.3 is 5.97 Å². The second kappa shape index (κ2) is 14.8. The second-order valence-corrected chi connectivity index (χ2v) is 12.0. The number of unbranched alkanes of at least 4 members (excludes halogenated alkanes) is 1. The first-order valence-electron chi connectivity index (χ1n) is 16.1. The van der Waals surface area contributed by atoms with Gasteiger partial charge in [0.25, 0.3) is 5.91 Å². The zero-order chi connectivity index (χ0) is 32.7. The Morgan fingerprint density at radius 3 is 2.65 bits per heavy atom. The highest BCUT2D eigenvalue weighted by Gasteiger charge is 2.52. The molecule has 2 aliphatic rings. The third kappa shape index (κ3) is 6.90. The summed E-state index contributed by atoms with van der Waals surface area (Å²) >= 11 is 0. The Bertz CT molecular complexity index is 1560. The minimum absolute atomic E-state index is 0.0389. The van der Waals surface area contributed by atoms with Crippen LogP contribution in [0.15, 0.2) is 66.9 Å². The van der Waals surface area contributed by atoms with Gasteiger partial charge < -0.3 is 24.7 Å². The van der Waals surface area contributed by atoms with Crippen molar-refractivity contribution >= 4 is 29.2 Å². The van der Waals surface area contributed by atoms with E-state index in [9.17, 15) is 24.6 Å². The largest absolute Gasteiger partial charge is 0.469 e. The van der Waals surface area contributed by atoms with Crippen LogP contribution in [-0.4, -0.2) is 69.8 Å². The van der Waals surface area contributed by atoms with Crippen molar-refractivity contribution < 1.29 is 29.3 Å². The number of nitrogens with zero attached hydrogens (tertiary/aromatic N) is 5. The molecule has 0 spiro atoms. The number of hydrogen-bond donors (Lipinski definition) is 2. The fraction of sp³-hybridized carbons (Fsp3) is 0.457. The van der Waals surface area contributed by atoms with Crippen molar-refractivity contribution in [2.75, 3.05) is 36.6 Å². The SMILES string of the molecule is COC(=O)CCCCN1C(=O)[C@](O)([C@H](C)/C=C/CCn2cc(C(CO)c3ccccc3)nn2)c2cc(N3CCCCC3=O)ccc21. The fourth-order valence-electron chi connectivity index (χ4n) is 6.33. The number of carbonyl (C=O) groups excluding carboxylic acids is 3. The van der Waals surface area contributed by atoms with Crippen LogP contribution in [0.4, 0.5) is 11.4 Å². The number of aromatic nitrogens is 3. The molecule has 3 atom stereocenters. The second-order valence-electron chi connectivity index (χ2n) is 12.0. The molecule has 2 N–H and O–H groups in total. The van der Waals surface area contributed by atoms with E-state index in [-0.39, 0.29) is 30.8 Å². The number of ether oxygens (including phenoxy) is 1. The molecular formula is C35H43N5O6. The Hall–Kier alpha value is -4.35. The van der Waals surface area contributed by atoms with Gasteiger partial charge in [-0.05, 0) is 55.9 Å². The minimum atomic E-state index is -1.83. The number of anilines is 2. The monoisotopic (exact) mass is 629 g/mol. The van der Waals surface area contributed by atoms with Crippen molar-refractivity contribution in [3.63, 3.8) is 0 Å². The van der Waals surface area contributed by atoms with Crippen LogP contribution in [0, 0.1) is 5.92 Å². The molecule has 0 bridgehead atoms. The predicted octanol–water partition coefficient (Wildman–Crippen LogP) is 4.08. The lowest BCUT2D eigenvalue weighted by molar-refractivity contribution is -0.140. The Morgan fingerprint density at radius 1 is 1.11 bits per heavy atom. The van der Waals surface area contributed by atoms with Crippen molar-refractivity contribution in [3.05, 3.63) is 83.7 Å². The number of esters is 1. The number of methoxy groups -OCH3 is 1. The van der Waals surface area contributed by atoms with Crippen LogP contribution in [0.25, 0.3) is 0 Å². The Morgan fingerprint density at radius 2 is 1.91 bits per heavy atom. The average molecular weight is 630 g/mol. The van der Waals surface area contributed by atoms with Gasteiger partial charge in [0.2, 0.25) is 5.91 Å². The van der Waals surface area contributed by atoms with E-state index in [2.05, 4.69) is 10.3 Å². The molecule has 11 heteroatoms. The number of carbonyl (C=O) groups is 3. The Balaban J connectivity index is 1.31. The molecule has 11 nitrogen and oxygen atoms in total. The molecule has 2 aromatic carbocycles. The molecule has 0 saturated carbocycles. The third-order valence-corrected chi connectivity index (χ3v) is 9.03. The van der Waals surface area contributed by atoms with E-state index < -0.39 is 17.4 Å². The number of piperidine rings is 1.